The highest BCUT2D eigenvalue weighted by Crippen LogP contribution is 2.10. The summed E-state index contributed by atoms with van der Waals surface area (Å²) in [4.78, 5) is 53.8. The second-order valence-corrected chi connectivity index (χ2v) is 5.53. The number of aromatic nitrogens is 2. The molecule has 0 bridgehead atoms. The fraction of sp³-hybridized carbons (Fsp3) is 0.294. The van der Waals surface area contributed by atoms with Gasteiger partial charge in [0.05, 0.1) is 11.4 Å². The average molecular weight is 355 g/mol. The van der Waals surface area contributed by atoms with Crippen molar-refractivity contribution < 1.29 is 9.59 Å². The Hall–Kier alpha value is -3.20. The van der Waals surface area contributed by atoms with Gasteiger partial charge in [0.1, 0.15) is 11.4 Å². The summed E-state index contributed by atoms with van der Waals surface area (Å²) in [7, 11) is 0. The molecule has 0 saturated heterocycles. The molecule has 26 heavy (non-hydrogen) atoms. The maximum absolute atomic E-state index is 11.4. The molecule has 0 aromatic carbocycles. The highest BCUT2D eigenvalue weighted by atomic mass is 16.3. The summed E-state index contributed by atoms with van der Waals surface area (Å²) in [5, 5.41) is 4.75. The largest absolute Gasteiger partial charge is 0.334 e. The van der Waals surface area contributed by atoms with E-state index < -0.39 is 11.8 Å². The summed E-state index contributed by atoms with van der Waals surface area (Å²) in [6, 6.07) is 9.62. The van der Waals surface area contributed by atoms with Gasteiger partial charge in [0.25, 0.3) is 0 Å². The Labute approximate surface area is 149 Å². The molecule has 2 amide bonds. The predicted molar refractivity (Wildman–Crippen MR) is 93.1 cm³/mol. The van der Waals surface area contributed by atoms with Gasteiger partial charge in [-0.25, -0.2) is 9.97 Å². The fourth-order valence-electron chi connectivity index (χ4n) is 2.46. The van der Waals surface area contributed by atoms with Crippen molar-refractivity contribution in [2.75, 3.05) is 6.54 Å². The molecule has 0 spiro atoms. The molecule has 0 atom stereocenters. The van der Waals surface area contributed by atoms with Crippen LogP contribution in [0.3, 0.4) is 0 Å². The van der Waals surface area contributed by atoms with E-state index in [1.165, 1.54) is 12.1 Å². The van der Waals surface area contributed by atoms with Crippen LogP contribution in [0.1, 0.15) is 45.7 Å². The van der Waals surface area contributed by atoms with Crippen LogP contribution in [0.2, 0.25) is 0 Å². The molecule has 0 unspecified atom stereocenters. The van der Waals surface area contributed by atoms with Gasteiger partial charge < -0.3 is 0 Å². The van der Waals surface area contributed by atoms with Crippen LogP contribution in [0, 0.1) is 9.81 Å². The predicted octanol–water partition coefficient (Wildman–Crippen LogP) is 2.70. The molecule has 0 fully saturated rings. The third kappa shape index (κ3) is 5.15. The Morgan fingerprint density at radius 1 is 0.885 bits per heavy atom. The summed E-state index contributed by atoms with van der Waals surface area (Å²) in [6.45, 7) is 3.57. The first kappa shape index (κ1) is 19.1. The van der Waals surface area contributed by atoms with Gasteiger partial charge in [-0.3, -0.25) is 14.5 Å². The lowest BCUT2D eigenvalue weighted by Gasteiger charge is -2.21. The molecule has 2 aromatic heterocycles. The van der Waals surface area contributed by atoms with Gasteiger partial charge in [-0.1, -0.05) is 19.1 Å². The molecule has 0 saturated carbocycles. The van der Waals surface area contributed by atoms with Crippen LogP contribution in [0.4, 0.5) is 0 Å². The Morgan fingerprint density at radius 2 is 1.35 bits per heavy atom. The molecule has 134 valence electrons. The number of pyridine rings is 2. The highest BCUT2D eigenvalue weighted by molar-refractivity contribution is 5.93. The van der Waals surface area contributed by atoms with E-state index in [1.54, 1.807) is 24.3 Å². The van der Waals surface area contributed by atoms with Gasteiger partial charge in [0.15, 0.2) is 0 Å². The van der Waals surface area contributed by atoms with E-state index in [9.17, 15) is 19.4 Å². The minimum atomic E-state index is -0.914. The third-order valence-electron chi connectivity index (χ3n) is 3.53. The smallest absolute Gasteiger partial charge is 0.292 e. The highest BCUT2D eigenvalue weighted by Gasteiger charge is 2.13. The molecule has 2 rings (SSSR count). The van der Waals surface area contributed by atoms with Crippen molar-refractivity contribution in [2.24, 2.45) is 10.4 Å². The van der Waals surface area contributed by atoms with E-state index in [4.69, 9.17) is 0 Å². The maximum atomic E-state index is 11.4. The van der Waals surface area contributed by atoms with Crippen LogP contribution in [-0.2, 0) is 13.1 Å². The van der Waals surface area contributed by atoms with E-state index in [1.807, 2.05) is 11.8 Å². The van der Waals surface area contributed by atoms with Gasteiger partial charge in [0, 0.05) is 23.4 Å². The molecule has 0 N–H and O–H groups in total. The maximum Gasteiger partial charge on any atom is 0.334 e. The standard InChI is InChI=1S/C17H17N5O4/c1-2-9-22(10-12-5-3-7-14(18-12)16(23)20-25)11-13-6-4-8-15(19-13)17(24)21-26/h3-8H,2,9-11H2,1H3. The molecular formula is C17H17N5O4. The summed E-state index contributed by atoms with van der Waals surface area (Å²) in [5.74, 6) is -1.83. The Kier molecular flexibility index (Phi) is 6.86. The van der Waals surface area contributed by atoms with Crippen molar-refractivity contribution >= 4 is 11.8 Å². The van der Waals surface area contributed by atoms with Crippen LogP contribution in [0.15, 0.2) is 46.8 Å². The van der Waals surface area contributed by atoms with Crippen LogP contribution < -0.4 is 0 Å². The molecule has 9 heteroatoms. The van der Waals surface area contributed by atoms with Crippen LogP contribution in [-0.4, -0.2) is 33.2 Å². The first-order valence-electron chi connectivity index (χ1n) is 7.97. The lowest BCUT2D eigenvalue weighted by molar-refractivity contribution is 0.0988. The summed E-state index contributed by atoms with van der Waals surface area (Å²) < 4.78 is 0. The Bertz CT molecular complexity index is 759. The molecule has 9 nitrogen and oxygen atoms in total. The number of hydrogen-bond donors (Lipinski definition) is 0. The van der Waals surface area contributed by atoms with E-state index in [-0.39, 0.29) is 11.4 Å². The molecule has 0 aliphatic heterocycles. The van der Waals surface area contributed by atoms with Crippen molar-refractivity contribution in [3.05, 3.63) is 69.0 Å². The zero-order valence-corrected chi connectivity index (χ0v) is 14.2. The van der Waals surface area contributed by atoms with E-state index in [0.29, 0.717) is 24.5 Å². The van der Waals surface area contributed by atoms with Crippen molar-refractivity contribution in [2.45, 2.75) is 26.4 Å². The number of nitroso groups, excluding NO2 is 2. The van der Waals surface area contributed by atoms with Crippen molar-refractivity contribution in [1.82, 2.24) is 14.9 Å². The fourth-order valence-corrected chi connectivity index (χ4v) is 2.46. The van der Waals surface area contributed by atoms with Gasteiger partial charge in [-0.15, -0.1) is 9.81 Å². The molecular weight excluding hydrogens is 338 g/mol. The van der Waals surface area contributed by atoms with Crippen LogP contribution >= 0.6 is 0 Å². The van der Waals surface area contributed by atoms with E-state index in [2.05, 4.69) is 20.3 Å². The van der Waals surface area contributed by atoms with Crippen molar-refractivity contribution in [3.8, 4) is 0 Å². The van der Waals surface area contributed by atoms with Gasteiger partial charge in [0.2, 0.25) is 0 Å². The monoisotopic (exact) mass is 355 g/mol. The van der Waals surface area contributed by atoms with Crippen molar-refractivity contribution in [1.29, 1.82) is 0 Å². The number of nitrogens with zero attached hydrogens (tertiary/aromatic N) is 5. The number of hydrogen-bond acceptors (Lipinski definition) is 7. The first-order chi connectivity index (χ1) is 12.6. The number of carbonyl (C=O) groups excluding carboxylic acids is 2. The van der Waals surface area contributed by atoms with E-state index >= 15 is 0 Å². The van der Waals surface area contributed by atoms with Crippen LogP contribution in [0.5, 0.6) is 0 Å². The second-order valence-electron chi connectivity index (χ2n) is 5.53. The van der Waals surface area contributed by atoms with Crippen LogP contribution in [0.25, 0.3) is 0 Å². The first-order valence-corrected chi connectivity index (χ1v) is 7.97. The summed E-state index contributed by atoms with van der Waals surface area (Å²) >= 11 is 0. The minimum absolute atomic E-state index is 0.00303. The Balaban J connectivity index is 2.17. The van der Waals surface area contributed by atoms with Gasteiger partial charge >= 0.3 is 11.8 Å². The third-order valence-corrected chi connectivity index (χ3v) is 3.53. The molecule has 0 aliphatic carbocycles. The molecule has 2 aromatic rings. The average Bonchev–Trinajstić information content (AvgIpc) is 2.67. The number of carbonyl (C=O) groups is 2. The van der Waals surface area contributed by atoms with Gasteiger partial charge in [-0.05, 0) is 37.2 Å². The van der Waals surface area contributed by atoms with E-state index in [0.717, 1.165) is 13.0 Å². The SMILES string of the molecule is CCCN(Cc1cccc(C(=O)N=O)n1)Cc1cccc(C(=O)N=O)n1. The quantitative estimate of drug-likeness (QED) is 0.667. The Morgan fingerprint density at radius 3 is 1.73 bits per heavy atom. The molecule has 2 heterocycles. The molecule has 0 aliphatic rings. The lowest BCUT2D eigenvalue weighted by Crippen LogP contribution is -2.25. The van der Waals surface area contributed by atoms with Crippen molar-refractivity contribution in [3.63, 3.8) is 0 Å². The lowest BCUT2D eigenvalue weighted by atomic mass is 10.2. The summed E-state index contributed by atoms with van der Waals surface area (Å²) in [6.07, 6.45) is 0.864. The zero-order chi connectivity index (χ0) is 18.9. The topological polar surface area (TPSA) is 122 Å². The minimum Gasteiger partial charge on any atom is -0.292 e. The zero-order valence-electron chi connectivity index (χ0n) is 14.2. The van der Waals surface area contributed by atoms with Gasteiger partial charge in [-0.2, -0.15) is 0 Å². The summed E-state index contributed by atoms with van der Waals surface area (Å²) in [5.41, 5.74) is 1.21. The normalized spacial score (nSPS) is 10.5. The number of rotatable bonds is 8. The molecule has 0 radical (unpaired) electrons. The second kappa shape index (κ2) is 9.33. The number of amides is 2.